The van der Waals surface area contributed by atoms with Gasteiger partial charge < -0.3 is 5.73 Å². The van der Waals surface area contributed by atoms with Gasteiger partial charge in [0.15, 0.2) is 0 Å². The molecule has 2 unspecified atom stereocenters. The topological polar surface area (TPSA) is 26.0 Å². The van der Waals surface area contributed by atoms with Crippen molar-refractivity contribution in [3.8, 4) is 0 Å². The molecular formula is C12H23N. The Balaban J connectivity index is 2.02. The molecule has 2 N–H and O–H groups in total. The first-order valence-corrected chi connectivity index (χ1v) is 5.85. The fraction of sp³-hybridized carbons (Fsp3) is 1.00. The Morgan fingerprint density at radius 3 is 2.38 bits per heavy atom. The second kappa shape index (κ2) is 3.27. The minimum Gasteiger partial charge on any atom is -0.328 e. The molecule has 0 aliphatic heterocycles. The fourth-order valence-corrected chi connectivity index (χ4v) is 3.18. The molecule has 0 aromatic carbocycles. The normalized spacial score (nSPS) is 39.9. The Bertz CT molecular complexity index is 182. The Hall–Kier alpha value is -0.0400. The Morgan fingerprint density at radius 2 is 1.85 bits per heavy atom. The van der Waals surface area contributed by atoms with Crippen LogP contribution in [0, 0.1) is 17.3 Å². The van der Waals surface area contributed by atoms with Gasteiger partial charge in [0.1, 0.15) is 0 Å². The molecule has 2 aliphatic carbocycles. The van der Waals surface area contributed by atoms with E-state index in [-0.39, 0.29) is 0 Å². The molecule has 2 aliphatic rings. The Kier molecular flexibility index (Phi) is 2.39. The zero-order valence-corrected chi connectivity index (χ0v) is 9.05. The Morgan fingerprint density at radius 1 is 1.15 bits per heavy atom. The molecule has 2 saturated carbocycles. The monoisotopic (exact) mass is 181 g/mol. The summed E-state index contributed by atoms with van der Waals surface area (Å²) < 4.78 is 0. The van der Waals surface area contributed by atoms with Gasteiger partial charge in [-0.05, 0) is 36.5 Å². The minimum absolute atomic E-state index is 0.499. The van der Waals surface area contributed by atoms with Gasteiger partial charge in [0.05, 0.1) is 0 Å². The first-order valence-electron chi connectivity index (χ1n) is 5.85. The molecule has 0 saturated heterocycles. The lowest BCUT2D eigenvalue weighted by molar-refractivity contribution is 0.0342. The van der Waals surface area contributed by atoms with Gasteiger partial charge in [0.2, 0.25) is 0 Å². The van der Waals surface area contributed by atoms with Gasteiger partial charge >= 0.3 is 0 Å². The standard InChI is InChI=1S/C12H23N/c1-12(2)7-6-10(13)8-11(12)9-4-3-5-9/h9-11H,3-8,13H2,1-2H3. The van der Waals surface area contributed by atoms with Crippen molar-refractivity contribution in [3.05, 3.63) is 0 Å². The summed E-state index contributed by atoms with van der Waals surface area (Å²) in [6, 6.07) is 0.499. The molecule has 2 rings (SSSR count). The highest BCUT2D eigenvalue weighted by Crippen LogP contribution is 2.49. The predicted molar refractivity (Wildman–Crippen MR) is 56.4 cm³/mol. The molecule has 13 heavy (non-hydrogen) atoms. The minimum atomic E-state index is 0.499. The molecule has 1 nitrogen and oxygen atoms in total. The van der Waals surface area contributed by atoms with E-state index in [4.69, 9.17) is 5.73 Å². The highest BCUT2D eigenvalue weighted by Gasteiger charge is 2.41. The van der Waals surface area contributed by atoms with E-state index in [1.165, 1.54) is 38.5 Å². The molecule has 0 aromatic rings. The van der Waals surface area contributed by atoms with E-state index in [1.54, 1.807) is 0 Å². The van der Waals surface area contributed by atoms with E-state index in [2.05, 4.69) is 13.8 Å². The van der Waals surface area contributed by atoms with Crippen molar-refractivity contribution in [3.63, 3.8) is 0 Å². The van der Waals surface area contributed by atoms with E-state index >= 15 is 0 Å². The van der Waals surface area contributed by atoms with Gasteiger partial charge in [0, 0.05) is 6.04 Å². The van der Waals surface area contributed by atoms with Crippen LogP contribution in [0.15, 0.2) is 0 Å². The van der Waals surface area contributed by atoms with Crippen molar-refractivity contribution in [2.75, 3.05) is 0 Å². The van der Waals surface area contributed by atoms with Gasteiger partial charge in [-0.15, -0.1) is 0 Å². The molecular weight excluding hydrogens is 158 g/mol. The zero-order chi connectivity index (χ0) is 9.47. The fourth-order valence-electron chi connectivity index (χ4n) is 3.18. The molecule has 2 atom stereocenters. The van der Waals surface area contributed by atoms with Gasteiger partial charge in [-0.1, -0.05) is 33.1 Å². The van der Waals surface area contributed by atoms with Crippen LogP contribution < -0.4 is 5.73 Å². The maximum absolute atomic E-state index is 6.06. The zero-order valence-electron chi connectivity index (χ0n) is 9.05. The van der Waals surface area contributed by atoms with E-state index in [0.717, 1.165) is 11.8 Å². The third-order valence-electron chi connectivity index (χ3n) is 4.44. The first kappa shape index (κ1) is 9.51. The second-order valence-corrected chi connectivity index (χ2v) is 5.82. The third kappa shape index (κ3) is 1.76. The summed E-state index contributed by atoms with van der Waals surface area (Å²) in [5.41, 5.74) is 6.63. The summed E-state index contributed by atoms with van der Waals surface area (Å²) in [5, 5.41) is 0. The van der Waals surface area contributed by atoms with Crippen LogP contribution in [0.5, 0.6) is 0 Å². The van der Waals surface area contributed by atoms with Crippen molar-refractivity contribution in [1.29, 1.82) is 0 Å². The van der Waals surface area contributed by atoms with Crippen LogP contribution in [0.2, 0.25) is 0 Å². The SMILES string of the molecule is CC1(C)CCC(N)CC1C1CCC1. The lowest BCUT2D eigenvalue weighted by atomic mass is 9.58. The quantitative estimate of drug-likeness (QED) is 0.661. The van der Waals surface area contributed by atoms with Crippen molar-refractivity contribution < 1.29 is 0 Å². The van der Waals surface area contributed by atoms with Crippen LogP contribution >= 0.6 is 0 Å². The van der Waals surface area contributed by atoms with Crippen molar-refractivity contribution in [2.45, 2.75) is 58.4 Å². The van der Waals surface area contributed by atoms with E-state index in [1.807, 2.05) is 0 Å². The van der Waals surface area contributed by atoms with Crippen LogP contribution in [0.3, 0.4) is 0 Å². The van der Waals surface area contributed by atoms with Crippen LogP contribution in [-0.4, -0.2) is 6.04 Å². The number of nitrogens with two attached hydrogens (primary N) is 1. The summed E-state index contributed by atoms with van der Waals surface area (Å²) in [7, 11) is 0. The van der Waals surface area contributed by atoms with Gasteiger partial charge in [-0.25, -0.2) is 0 Å². The molecule has 0 aromatic heterocycles. The smallest absolute Gasteiger partial charge is 0.00419 e. The molecule has 0 amide bonds. The largest absolute Gasteiger partial charge is 0.328 e. The number of hydrogen-bond acceptors (Lipinski definition) is 1. The molecule has 76 valence electrons. The van der Waals surface area contributed by atoms with Gasteiger partial charge in [-0.2, -0.15) is 0 Å². The summed E-state index contributed by atoms with van der Waals surface area (Å²) in [5.74, 6) is 1.94. The third-order valence-corrected chi connectivity index (χ3v) is 4.44. The number of rotatable bonds is 1. The average Bonchev–Trinajstić information content (AvgIpc) is 1.94. The summed E-state index contributed by atoms with van der Waals surface area (Å²) >= 11 is 0. The average molecular weight is 181 g/mol. The van der Waals surface area contributed by atoms with E-state index in [0.29, 0.717) is 11.5 Å². The highest BCUT2D eigenvalue weighted by atomic mass is 14.7. The van der Waals surface area contributed by atoms with Crippen LogP contribution in [-0.2, 0) is 0 Å². The van der Waals surface area contributed by atoms with E-state index < -0.39 is 0 Å². The summed E-state index contributed by atoms with van der Waals surface area (Å²) in [6.45, 7) is 4.89. The molecule has 0 radical (unpaired) electrons. The highest BCUT2D eigenvalue weighted by molar-refractivity contribution is 4.93. The van der Waals surface area contributed by atoms with Gasteiger partial charge in [0.25, 0.3) is 0 Å². The molecule has 1 heteroatoms. The molecule has 2 fully saturated rings. The predicted octanol–water partition coefficient (Wildman–Crippen LogP) is 2.94. The van der Waals surface area contributed by atoms with E-state index in [9.17, 15) is 0 Å². The van der Waals surface area contributed by atoms with Crippen LogP contribution in [0.4, 0.5) is 0 Å². The Labute approximate surface area is 82.1 Å². The summed E-state index contributed by atoms with van der Waals surface area (Å²) in [6.07, 6.45) is 8.29. The van der Waals surface area contributed by atoms with Crippen LogP contribution in [0.1, 0.15) is 52.4 Å². The number of hydrogen-bond donors (Lipinski definition) is 1. The van der Waals surface area contributed by atoms with Crippen molar-refractivity contribution in [1.82, 2.24) is 0 Å². The molecule has 0 spiro atoms. The lowest BCUT2D eigenvalue weighted by Gasteiger charge is -2.48. The first-order chi connectivity index (χ1) is 6.09. The lowest BCUT2D eigenvalue weighted by Crippen LogP contribution is -2.43. The van der Waals surface area contributed by atoms with Crippen molar-refractivity contribution in [2.24, 2.45) is 23.0 Å². The van der Waals surface area contributed by atoms with Gasteiger partial charge in [-0.3, -0.25) is 0 Å². The maximum atomic E-state index is 6.06. The second-order valence-electron chi connectivity index (χ2n) is 5.82. The summed E-state index contributed by atoms with van der Waals surface area (Å²) in [4.78, 5) is 0. The maximum Gasteiger partial charge on any atom is 0.00419 e. The van der Waals surface area contributed by atoms with Crippen LogP contribution in [0.25, 0.3) is 0 Å². The van der Waals surface area contributed by atoms with Crippen molar-refractivity contribution >= 4 is 0 Å². The molecule has 0 bridgehead atoms. The molecule has 0 heterocycles.